The van der Waals surface area contributed by atoms with E-state index in [1.807, 2.05) is 17.9 Å². The lowest BCUT2D eigenvalue weighted by Gasteiger charge is -2.27. The van der Waals surface area contributed by atoms with Crippen LogP contribution >= 0.6 is 0 Å². The van der Waals surface area contributed by atoms with Gasteiger partial charge in [0.05, 0.1) is 5.69 Å². The van der Waals surface area contributed by atoms with E-state index in [0.29, 0.717) is 0 Å². The normalized spacial score (nSPS) is 16.8. The lowest BCUT2D eigenvalue weighted by Crippen LogP contribution is -2.23. The Morgan fingerprint density at radius 3 is 2.48 bits per heavy atom. The molecule has 0 N–H and O–H groups in total. The van der Waals surface area contributed by atoms with Crippen LogP contribution in [-0.2, 0) is 7.05 Å². The minimum Gasteiger partial charge on any atom is -0.374 e. The predicted octanol–water partition coefficient (Wildman–Crippen LogP) is 5.72. The number of allylic oxidation sites excluding steroid dienone is 5. The number of likely N-dealkylation sites (N-methyl/N-ethyl adjacent to an activating group) is 1. The molecule has 2 aliphatic rings. The topological polar surface area (TPSA) is 21.1 Å². The van der Waals surface area contributed by atoms with Crippen molar-refractivity contribution >= 4 is 5.57 Å². The van der Waals surface area contributed by atoms with E-state index in [2.05, 4.69) is 55.2 Å². The van der Waals surface area contributed by atoms with Gasteiger partial charge in [-0.15, -0.1) is 0 Å². The summed E-state index contributed by atoms with van der Waals surface area (Å²) in [5.41, 5.74) is 5.27. The van der Waals surface area contributed by atoms with Crippen molar-refractivity contribution in [1.82, 2.24) is 14.7 Å². The van der Waals surface area contributed by atoms with Gasteiger partial charge in [-0.25, -0.2) is 0 Å². The van der Waals surface area contributed by atoms with Crippen molar-refractivity contribution in [2.24, 2.45) is 7.05 Å². The Kier molecular flexibility index (Phi) is 8.03. The molecule has 25 heavy (non-hydrogen) atoms. The predicted molar refractivity (Wildman–Crippen MR) is 108 cm³/mol. The second kappa shape index (κ2) is 10.3. The molecule has 0 unspecified atom stereocenters. The third-order valence-corrected chi connectivity index (χ3v) is 4.89. The van der Waals surface area contributed by atoms with E-state index in [9.17, 15) is 0 Å². The van der Waals surface area contributed by atoms with Gasteiger partial charge in [-0.3, -0.25) is 4.68 Å². The summed E-state index contributed by atoms with van der Waals surface area (Å²) in [6, 6.07) is 2.10. The number of rotatable bonds is 5. The molecule has 0 fully saturated rings. The Morgan fingerprint density at radius 1 is 1.08 bits per heavy atom. The highest BCUT2D eigenvalue weighted by molar-refractivity contribution is 5.68. The summed E-state index contributed by atoms with van der Waals surface area (Å²) in [7, 11) is 4.15. The van der Waals surface area contributed by atoms with Gasteiger partial charge in [0.15, 0.2) is 0 Å². The van der Waals surface area contributed by atoms with E-state index < -0.39 is 0 Å². The molecule has 0 amide bonds. The molecule has 0 spiro atoms. The number of aromatic nitrogens is 2. The van der Waals surface area contributed by atoms with Crippen LogP contribution in [0.3, 0.4) is 0 Å². The molecule has 0 radical (unpaired) electrons. The molecule has 0 saturated heterocycles. The Labute approximate surface area is 154 Å². The summed E-state index contributed by atoms with van der Waals surface area (Å²) in [4.78, 5) is 2.35. The van der Waals surface area contributed by atoms with Crippen LogP contribution in [0.1, 0.15) is 70.9 Å². The molecule has 0 saturated carbocycles. The van der Waals surface area contributed by atoms with Crippen LogP contribution in [0.2, 0.25) is 0 Å². The van der Waals surface area contributed by atoms with Gasteiger partial charge in [0, 0.05) is 32.5 Å². The van der Waals surface area contributed by atoms with Crippen molar-refractivity contribution in [2.45, 2.75) is 65.2 Å². The molecular formula is C22H35N3. The first kappa shape index (κ1) is 19.6. The van der Waals surface area contributed by atoms with E-state index in [-0.39, 0.29) is 0 Å². The van der Waals surface area contributed by atoms with E-state index in [4.69, 9.17) is 0 Å². The highest BCUT2D eigenvalue weighted by Gasteiger charge is 2.17. The molecule has 0 bridgehead atoms. The molecule has 3 nitrogen and oxygen atoms in total. The zero-order valence-corrected chi connectivity index (χ0v) is 16.6. The molecule has 1 aliphatic heterocycles. The van der Waals surface area contributed by atoms with Crippen molar-refractivity contribution in [2.75, 3.05) is 13.6 Å². The lowest BCUT2D eigenvalue weighted by atomic mass is 10.00. The van der Waals surface area contributed by atoms with Crippen LogP contribution in [0.25, 0.3) is 5.57 Å². The Bertz CT molecular complexity index is 615. The smallest absolute Gasteiger partial charge is 0.0885 e. The van der Waals surface area contributed by atoms with Gasteiger partial charge >= 0.3 is 0 Å². The Hall–Kier alpha value is -1.77. The molecule has 2 heterocycles. The summed E-state index contributed by atoms with van der Waals surface area (Å²) < 4.78 is 1.87. The van der Waals surface area contributed by atoms with Crippen molar-refractivity contribution in [3.8, 4) is 0 Å². The van der Waals surface area contributed by atoms with Gasteiger partial charge in [-0.1, -0.05) is 58.1 Å². The SMILES string of the molecule is CCCCCCC.CN1CCCC2=C1C=CCC(c1ccn(C)n1)=C2. The highest BCUT2D eigenvalue weighted by atomic mass is 15.2. The number of aryl methyl sites for hydroxylation is 1. The van der Waals surface area contributed by atoms with Gasteiger partial charge in [0.1, 0.15) is 0 Å². The average Bonchev–Trinajstić information content (AvgIpc) is 2.91. The first-order chi connectivity index (χ1) is 12.2. The summed E-state index contributed by atoms with van der Waals surface area (Å²) in [6.07, 6.45) is 19.3. The van der Waals surface area contributed by atoms with E-state index in [0.717, 1.165) is 18.7 Å². The molecular weight excluding hydrogens is 306 g/mol. The molecule has 1 aliphatic carbocycles. The third kappa shape index (κ3) is 5.91. The molecule has 1 aromatic heterocycles. The van der Waals surface area contributed by atoms with Gasteiger partial charge < -0.3 is 4.90 Å². The minimum atomic E-state index is 0.970. The molecule has 3 rings (SSSR count). The standard InChI is InChI=1S/C15H19N3.C7H16/c1-17-9-4-6-13-11-12(5-3-7-15(13)17)14-8-10-18(2)16-14;1-3-5-7-6-4-2/h3,7-8,10-11H,4-6,9H2,1-2H3;3-7H2,1-2H3. The molecule has 138 valence electrons. The van der Waals surface area contributed by atoms with Gasteiger partial charge in [0.25, 0.3) is 0 Å². The number of hydrogen-bond acceptors (Lipinski definition) is 2. The van der Waals surface area contributed by atoms with Gasteiger partial charge in [-0.05, 0) is 42.6 Å². The molecule has 1 aromatic rings. The Morgan fingerprint density at radius 2 is 1.84 bits per heavy atom. The molecule has 0 atom stereocenters. The van der Waals surface area contributed by atoms with E-state index in [1.165, 1.54) is 61.8 Å². The summed E-state index contributed by atoms with van der Waals surface area (Å²) >= 11 is 0. The third-order valence-electron chi connectivity index (χ3n) is 4.89. The van der Waals surface area contributed by atoms with Crippen molar-refractivity contribution < 1.29 is 0 Å². The molecule has 0 aromatic carbocycles. The summed E-state index contributed by atoms with van der Waals surface area (Å²) in [5, 5.41) is 4.51. The quantitative estimate of drug-likeness (QED) is 0.639. The fraction of sp³-hybridized carbons (Fsp3) is 0.591. The maximum absolute atomic E-state index is 4.51. The largest absolute Gasteiger partial charge is 0.374 e. The zero-order valence-electron chi connectivity index (χ0n) is 16.6. The average molecular weight is 342 g/mol. The second-order valence-corrected chi connectivity index (χ2v) is 7.15. The number of nitrogens with zero attached hydrogens (tertiary/aromatic N) is 3. The van der Waals surface area contributed by atoms with Crippen LogP contribution in [0.15, 0.2) is 41.8 Å². The fourth-order valence-corrected chi connectivity index (χ4v) is 3.39. The highest BCUT2D eigenvalue weighted by Crippen LogP contribution is 2.30. The first-order valence-electron chi connectivity index (χ1n) is 9.97. The monoisotopic (exact) mass is 341 g/mol. The first-order valence-corrected chi connectivity index (χ1v) is 9.97. The van der Waals surface area contributed by atoms with E-state index in [1.54, 1.807) is 0 Å². The number of hydrogen-bond donors (Lipinski definition) is 0. The van der Waals surface area contributed by atoms with Gasteiger partial charge in [-0.2, -0.15) is 5.10 Å². The lowest BCUT2D eigenvalue weighted by molar-refractivity contribution is 0.394. The van der Waals surface area contributed by atoms with Crippen molar-refractivity contribution in [1.29, 1.82) is 0 Å². The van der Waals surface area contributed by atoms with Crippen molar-refractivity contribution in [3.05, 3.63) is 47.5 Å². The van der Waals surface area contributed by atoms with Crippen LogP contribution in [-0.4, -0.2) is 28.3 Å². The minimum absolute atomic E-state index is 0.970. The summed E-state index contributed by atoms with van der Waals surface area (Å²) in [6.45, 7) is 5.65. The zero-order chi connectivity index (χ0) is 18.1. The number of unbranched alkanes of at least 4 members (excludes halogenated alkanes) is 4. The van der Waals surface area contributed by atoms with Crippen molar-refractivity contribution in [3.63, 3.8) is 0 Å². The molecule has 3 heteroatoms. The van der Waals surface area contributed by atoms with E-state index >= 15 is 0 Å². The van der Waals surface area contributed by atoms with Crippen LogP contribution in [0.4, 0.5) is 0 Å². The Balaban J connectivity index is 0.000000277. The van der Waals surface area contributed by atoms with Crippen LogP contribution < -0.4 is 0 Å². The summed E-state index contributed by atoms with van der Waals surface area (Å²) in [5.74, 6) is 0. The van der Waals surface area contributed by atoms with Crippen LogP contribution in [0.5, 0.6) is 0 Å². The maximum atomic E-state index is 4.51. The fourth-order valence-electron chi connectivity index (χ4n) is 3.39. The maximum Gasteiger partial charge on any atom is 0.0885 e. The second-order valence-electron chi connectivity index (χ2n) is 7.15. The van der Waals surface area contributed by atoms with Gasteiger partial charge in [0.2, 0.25) is 0 Å². The van der Waals surface area contributed by atoms with Crippen LogP contribution in [0, 0.1) is 0 Å².